The molecule has 2 amide bonds. The van der Waals surface area contributed by atoms with Crippen molar-refractivity contribution in [2.24, 2.45) is 0 Å². The molecule has 0 radical (unpaired) electrons. The molecule has 2 heterocycles. The molecule has 25 heavy (non-hydrogen) atoms. The molecule has 0 aliphatic carbocycles. The Hall–Kier alpha value is -2.70. The molecule has 1 aliphatic heterocycles. The minimum absolute atomic E-state index is 0.0195. The SMILES string of the molecule is CCC(=O)N[C@@H]1CCCN(C(=O)c2ccc(-n3cccn3)c(F)c2)C1. The molecule has 1 fully saturated rings. The molecule has 7 heteroatoms. The van der Waals surface area contributed by atoms with Crippen LogP contribution in [0.3, 0.4) is 0 Å². The van der Waals surface area contributed by atoms with Gasteiger partial charge in [-0.05, 0) is 37.1 Å². The average Bonchev–Trinajstić information content (AvgIpc) is 3.15. The van der Waals surface area contributed by atoms with E-state index in [-0.39, 0.29) is 17.9 Å². The molecule has 2 aromatic rings. The summed E-state index contributed by atoms with van der Waals surface area (Å²) < 4.78 is 15.8. The quantitative estimate of drug-likeness (QED) is 0.924. The Balaban J connectivity index is 1.72. The van der Waals surface area contributed by atoms with Gasteiger partial charge in [0.2, 0.25) is 5.91 Å². The smallest absolute Gasteiger partial charge is 0.254 e. The number of amides is 2. The van der Waals surface area contributed by atoms with Gasteiger partial charge < -0.3 is 10.2 Å². The van der Waals surface area contributed by atoms with Crippen LogP contribution in [-0.2, 0) is 4.79 Å². The van der Waals surface area contributed by atoms with Crippen LogP contribution in [0.1, 0.15) is 36.5 Å². The second kappa shape index (κ2) is 7.46. The highest BCUT2D eigenvalue weighted by Gasteiger charge is 2.25. The van der Waals surface area contributed by atoms with Crippen LogP contribution in [0, 0.1) is 5.82 Å². The van der Waals surface area contributed by atoms with Crippen LogP contribution in [-0.4, -0.2) is 45.6 Å². The monoisotopic (exact) mass is 344 g/mol. The lowest BCUT2D eigenvalue weighted by molar-refractivity contribution is -0.121. The number of halogens is 1. The summed E-state index contributed by atoms with van der Waals surface area (Å²) in [5.41, 5.74) is 0.601. The first-order valence-electron chi connectivity index (χ1n) is 8.46. The number of aromatic nitrogens is 2. The maximum atomic E-state index is 14.3. The summed E-state index contributed by atoms with van der Waals surface area (Å²) in [5, 5.41) is 6.92. The Morgan fingerprint density at radius 2 is 2.24 bits per heavy atom. The third-order valence-corrected chi connectivity index (χ3v) is 4.34. The summed E-state index contributed by atoms with van der Waals surface area (Å²) in [4.78, 5) is 25.9. The van der Waals surface area contributed by atoms with Crippen molar-refractivity contribution in [1.82, 2.24) is 20.0 Å². The first-order chi connectivity index (χ1) is 12.1. The van der Waals surface area contributed by atoms with Gasteiger partial charge in [-0.1, -0.05) is 6.92 Å². The van der Waals surface area contributed by atoms with Crippen molar-refractivity contribution in [3.63, 3.8) is 0 Å². The second-order valence-electron chi connectivity index (χ2n) is 6.13. The predicted molar refractivity (Wildman–Crippen MR) is 90.9 cm³/mol. The third kappa shape index (κ3) is 3.87. The van der Waals surface area contributed by atoms with Gasteiger partial charge in [0.1, 0.15) is 11.5 Å². The topological polar surface area (TPSA) is 67.2 Å². The standard InChI is InChI=1S/C18H21FN4O2/c1-2-17(24)21-14-5-3-9-22(12-14)18(25)13-6-7-16(15(19)11-13)23-10-4-8-20-23/h4,6-8,10-11,14H,2-3,5,9,12H2,1H3,(H,21,24)/t14-/m1/s1. The summed E-state index contributed by atoms with van der Waals surface area (Å²) in [7, 11) is 0. The Morgan fingerprint density at radius 1 is 1.40 bits per heavy atom. The van der Waals surface area contributed by atoms with E-state index >= 15 is 0 Å². The van der Waals surface area contributed by atoms with Crippen LogP contribution in [0.2, 0.25) is 0 Å². The van der Waals surface area contributed by atoms with Gasteiger partial charge in [0.25, 0.3) is 5.91 Å². The number of carbonyl (C=O) groups is 2. The van der Waals surface area contributed by atoms with E-state index in [1.54, 1.807) is 42.4 Å². The zero-order valence-electron chi connectivity index (χ0n) is 14.1. The lowest BCUT2D eigenvalue weighted by atomic mass is 10.0. The number of nitrogens with one attached hydrogen (secondary N) is 1. The Labute approximate surface area is 145 Å². The van der Waals surface area contributed by atoms with E-state index in [4.69, 9.17) is 0 Å². The van der Waals surface area contributed by atoms with Gasteiger partial charge in [0, 0.05) is 43.5 Å². The van der Waals surface area contributed by atoms with Crippen molar-refractivity contribution >= 4 is 11.8 Å². The van der Waals surface area contributed by atoms with Crippen LogP contribution in [0.25, 0.3) is 5.69 Å². The van der Waals surface area contributed by atoms with Crippen molar-refractivity contribution < 1.29 is 14.0 Å². The van der Waals surface area contributed by atoms with Gasteiger partial charge in [-0.3, -0.25) is 9.59 Å². The van der Waals surface area contributed by atoms with E-state index in [0.717, 1.165) is 12.8 Å². The second-order valence-corrected chi connectivity index (χ2v) is 6.13. The normalized spacial score (nSPS) is 17.4. The highest BCUT2D eigenvalue weighted by atomic mass is 19.1. The number of nitrogens with zero attached hydrogens (tertiary/aromatic N) is 3. The number of carbonyl (C=O) groups excluding carboxylic acids is 2. The lowest BCUT2D eigenvalue weighted by Crippen LogP contribution is -2.49. The highest BCUT2D eigenvalue weighted by molar-refractivity contribution is 5.94. The van der Waals surface area contributed by atoms with Crippen molar-refractivity contribution in [2.75, 3.05) is 13.1 Å². The van der Waals surface area contributed by atoms with E-state index in [1.165, 1.54) is 10.7 Å². The van der Waals surface area contributed by atoms with Gasteiger partial charge >= 0.3 is 0 Å². The summed E-state index contributed by atoms with van der Waals surface area (Å²) in [6.45, 7) is 2.86. The van der Waals surface area contributed by atoms with E-state index in [2.05, 4.69) is 10.4 Å². The van der Waals surface area contributed by atoms with Gasteiger partial charge in [0.15, 0.2) is 0 Å². The molecule has 0 spiro atoms. The molecule has 6 nitrogen and oxygen atoms in total. The maximum Gasteiger partial charge on any atom is 0.254 e. The van der Waals surface area contributed by atoms with Gasteiger partial charge in [-0.25, -0.2) is 9.07 Å². The minimum Gasteiger partial charge on any atom is -0.352 e. The number of piperidine rings is 1. The van der Waals surface area contributed by atoms with E-state index in [9.17, 15) is 14.0 Å². The van der Waals surface area contributed by atoms with E-state index < -0.39 is 5.82 Å². The summed E-state index contributed by atoms with van der Waals surface area (Å²) in [6.07, 6.45) is 5.30. The third-order valence-electron chi connectivity index (χ3n) is 4.34. The minimum atomic E-state index is -0.498. The van der Waals surface area contributed by atoms with Crippen LogP contribution < -0.4 is 5.32 Å². The van der Waals surface area contributed by atoms with Gasteiger partial charge in [-0.15, -0.1) is 0 Å². The Kier molecular flexibility index (Phi) is 5.11. The Morgan fingerprint density at radius 3 is 2.92 bits per heavy atom. The zero-order chi connectivity index (χ0) is 17.8. The van der Waals surface area contributed by atoms with Crippen molar-refractivity contribution in [3.8, 4) is 5.69 Å². The average molecular weight is 344 g/mol. The fraction of sp³-hybridized carbons (Fsp3) is 0.389. The molecule has 132 valence electrons. The molecular formula is C18H21FN4O2. The van der Waals surface area contributed by atoms with Gasteiger partial charge in [0.05, 0.1) is 0 Å². The number of rotatable bonds is 4. The fourth-order valence-corrected chi connectivity index (χ4v) is 3.03. The number of benzene rings is 1. The molecule has 1 aromatic heterocycles. The lowest BCUT2D eigenvalue weighted by Gasteiger charge is -2.33. The van der Waals surface area contributed by atoms with E-state index in [0.29, 0.717) is 30.8 Å². The molecule has 0 unspecified atom stereocenters. The maximum absolute atomic E-state index is 14.3. The summed E-state index contributed by atoms with van der Waals surface area (Å²) in [5.74, 6) is -0.738. The molecule has 1 aliphatic rings. The molecule has 1 aromatic carbocycles. The van der Waals surface area contributed by atoms with Crippen LogP contribution in [0.5, 0.6) is 0 Å². The summed E-state index contributed by atoms with van der Waals surface area (Å²) in [6, 6.07) is 6.07. The number of hydrogen-bond acceptors (Lipinski definition) is 3. The van der Waals surface area contributed by atoms with Crippen LogP contribution in [0.15, 0.2) is 36.7 Å². The van der Waals surface area contributed by atoms with E-state index in [1.807, 2.05) is 0 Å². The molecule has 1 atom stereocenters. The zero-order valence-corrected chi connectivity index (χ0v) is 14.1. The molecule has 0 bridgehead atoms. The van der Waals surface area contributed by atoms with Crippen molar-refractivity contribution in [1.29, 1.82) is 0 Å². The Bertz CT molecular complexity index is 760. The molecule has 3 rings (SSSR count). The van der Waals surface area contributed by atoms with Crippen LogP contribution >= 0.6 is 0 Å². The van der Waals surface area contributed by atoms with Crippen molar-refractivity contribution in [3.05, 3.63) is 48.0 Å². The first kappa shape index (κ1) is 17.1. The fourth-order valence-electron chi connectivity index (χ4n) is 3.03. The highest BCUT2D eigenvalue weighted by Crippen LogP contribution is 2.18. The van der Waals surface area contributed by atoms with Crippen LogP contribution in [0.4, 0.5) is 4.39 Å². The predicted octanol–water partition coefficient (Wildman–Crippen LogP) is 2.14. The molecule has 0 saturated carbocycles. The van der Waals surface area contributed by atoms with Gasteiger partial charge in [-0.2, -0.15) is 5.10 Å². The summed E-state index contributed by atoms with van der Waals surface area (Å²) >= 11 is 0. The first-order valence-corrected chi connectivity index (χ1v) is 8.46. The largest absolute Gasteiger partial charge is 0.352 e. The molecule has 1 N–H and O–H groups in total. The van der Waals surface area contributed by atoms with Crippen molar-refractivity contribution in [2.45, 2.75) is 32.2 Å². The molecular weight excluding hydrogens is 323 g/mol. The number of hydrogen-bond donors (Lipinski definition) is 1. The number of likely N-dealkylation sites (tertiary alicyclic amines) is 1. The molecule has 1 saturated heterocycles.